The highest BCUT2D eigenvalue weighted by Crippen LogP contribution is 2.17. The Balaban J connectivity index is 2.95. The molecular formula is C13H22N2O3S2. The summed E-state index contributed by atoms with van der Waals surface area (Å²) in [5.41, 5.74) is 0.905. The zero-order valence-corrected chi connectivity index (χ0v) is 13.8. The predicted octanol–water partition coefficient (Wildman–Crippen LogP) is 1.01. The van der Waals surface area contributed by atoms with Gasteiger partial charge in [0.15, 0.2) is 0 Å². The first-order valence-corrected chi connectivity index (χ1v) is 9.57. The molecule has 0 heterocycles. The molecule has 0 saturated heterocycles. The van der Waals surface area contributed by atoms with Gasteiger partial charge in [-0.05, 0) is 38.6 Å². The second-order valence-electron chi connectivity index (χ2n) is 4.85. The summed E-state index contributed by atoms with van der Waals surface area (Å²) in [6.45, 7) is 3.67. The summed E-state index contributed by atoms with van der Waals surface area (Å²) in [6.07, 6.45) is 1.56. The summed E-state index contributed by atoms with van der Waals surface area (Å²) in [5.74, 6) is 0.297. The van der Waals surface area contributed by atoms with Crippen molar-refractivity contribution in [1.29, 1.82) is 0 Å². The minimum atomic E-state index is -3.58. The number of benzene rings is 1. The van der Waals surface area contributed by atoms with E-state index in [-0.39, 0.29) is 17.0 Å². The van der Waals surface area contributed by atoms with Crippen molar-refractivity contribution in [3.8, 4) is 0 Å². The summed E-state index contributed by atoms with van der Waals surface area (Å²) >= 11 is 0. The van der Waals surface area contributed by atoms with Crippen molar-refractivity contribution in [2.24, 2.45) is 0 Å². The van der Waals surface area contributed by atoms with Crippen LogP contribution in [0.2, 0.25) is 0 Å². The van der Waals surface area contributed by atoms with E-state index in [2.05, 4.69) is 10.0 Å². The molecule has 1 rings (SSSR count). The van der Waals surface area contributed by atoms with Crippen LogP contribution in [0.5, 0.6) is 0 Å². The Morgan fingerprint density at radius 3 is 2.50 bits per heavy atom. The third-order valence-corrected chi connectivity index (χ3v) is 5.50. The molecule has 0 aliphatic rings. The molecule has 0 spiro atoms. The normalized spacial score (nSPS) is 16.6. The summed E-state index contributed by atoms with van der Waals surface area (Å²) in [7, 11) is -2.80. The Hall–Kier alpha value is -0.760. The minimum absolute atomic E-state index is 0.0747. The van der Waals surface area contributed by atoms with E-state index < -0.39 is 20.8 Å². The molecule has 7 heteroatoms. The van der Waals surface area contributed by atoms with Crippen LogP contribution in [-0.2, 0) is 20.8 Å². The van der Waals surface area contributed by atoms with Gasteiger partial charge in [-0.2, -0.15) is 0 Å². The second kappa shape index (κ2) is 7.31. The van der Waals surface area contributed by atoms with E-state index in [1.807, 2.05) is 20.0 Å². The molecule has 0 fully saturated rings. The van der Waals surface area contributed by atoms with Gasteiger partial charge in [0.2, 0.25) is 10.0 Å². The van der Waals surface area contributed by atoms with Crippen LogP contribution < -0.4 is 10.0 Å². The Kier molecular flexibility index (Phi) is 6.32. The predicted molar refractivity (Wildman–Crippen MR) is 82.6 cm³/mol. The number of hydrogen-bond acceptors (Lipinski definition) is 4. The van der Waals surface area contributed by atoms with E-state index >= 15 is 0 Å². The first-order valence-electron chi connectivity index (χ1n) is 6.36. The van der Waals surface area contributed by atoms with Crippen LogP contribution in [0.15, 0.2) is 29.2 Å². The Morgan fingerprint density at radius 1 is 1.30 bits per heavy atom. The molecule has 0 aliphatic heterocycles. The maximum atomic E-state index is 12.3. The fraction of sp³-hybridized carbons (Fsp3) is 0.538. The van der Waals surface area contributed by atoms with Crippen molar-refractivity contribution >= 4 is 20.8 Å². The molecule has 3 atom stereocenters. The van der Waals surface area contributed by atoms with Crippen LogP contribution in [0.1, 0.15) is 25.5 Å². The molecule has 0 aliphatic carbocycles. The lowest BCUT2D eigenvalue weighted by Crippen LogP contribution is -2.36. The quantitative estimate of drug-likeness (QED) is 0.787. The third-order valence-electron chi connectivity index (χ3n) is 2.94. The van der Waals surface area contributed by atoms with Crippen molar-refractivity contribution in [3.05, 3.63) is 29.8 Å². The molecule has 20 heavy (non-hydrogen) atoms. The Bertz CT molecular complexity index is 573. The van der Waals surface area contributed by atoms with Crippen LogP contribution in [0, 0.1) is 0 Å². The standard InChI is InChI=1S/C13H22N2O3S2/c1-10(9-19(4)16)15-20(17,18)13-7-5-6-12(8-13)11(2)14-3/h5-8,10-11,14-15H,9H2,1-4H3. The number of rotatable bonds is 7. The molecule has 0 radical (unpaired) electrons. The monoisotopic (exact) mass is 318 g/mol. The zero-order valence-electron chi connectivity index (χ0n) is 12.2. The smallest absolute Gasteiger partial charge is 0.240 e. The van der Waals surface area contributed by atoms with Crippen molar-refractivity contribution in [1.82, 2.24) is 10.0 Å². The lowest BCUT2D eigenvalue weighted by molar-refractivity contribution is 0.569. The van der Waals surface area contributed by atoms with Crippen LogP contribution in [-0.4, -0.2) is 37.7 Å². The molecular weight excluding hydrogens is 296 g/mol. The van der Waals surface area contributed by atoms with Gasteiger partial charge >= 0.3 is 0 Å². The van der Waals surface area contributed by atoms with Gasteiger partial charge in [0, 0.05) is 34.9 Å². The molecule has 5 nitrogen and oxygen atoms in total. The fourth-order valence-electron chi connectivity index (χ4n) is 1.84. The summed E-state index contributed by atoms with van der Waals surface area (Å²) < 4.78 is 38.2. The molecule has 114 valence electrons. The van der Waals surface area contributed by atoms with Crippen molar-refractivity contribution in [3.63, 3.8) is 0 Å². The van der Waals surface area contributed by atoms with Gasteiger partial charge in [-0.3, -0.25) is 4.21 Å². The molecule has 1 aromatic carbocycles. The van der Waals surface area contributed by atoms with Crippen LogP contribution in [0.3, 0.4) is 0 Å². The van der Waals surface area contributed by atoms with E-state index in [4.69, 9.17) is 0 Å². The van der Waals surface area contributed by atoms with Gasteiger partial charge in [-0.25, -0.2) is 13.1 Å². The lowest BCUT2D eigenvalue weighted by Gasteiger charge is -2.15. The lowest BCUT2D eigenvalue weighted by atomic mass is 10.1. The van der Waals surface area contributed by atoms with Gasteiger partial charge in [-0.1, -0.05) is 12.1 Å². The van der Waals surface area contributed by atoms with Gasteiger partial charge < -0.3 is 5.32 Å². The third kappa shape index (κ3) is 4.97. The van der Waals surface area contributed by atoms with Crippen LogP contribution in [0.4, 0.5) is 0 Å². The van der Waals surface area contributed by atoms with E-state index in [0.29, 0.717) is 5.75 Å². The topological polar surface area (TPSA) is 75.3 Å². The minimum Gasteiger partial charge on any atom is -0.313 e. The van der Waals surface area contributed by atoms with Crippen LogP contribution in [0.25, 0.3) is 0 Å². The van der Waals surface area contributed by atoms with Gasteiger partial charge in [0.1, 0.15) is 0 Å². The first-order chi connectivity index (χ1) is 9.26. The second-order valence-corrected chi connectivity index (χ2v) is 8.04. The first kappa shape index (κ1) is 17.3. The maximum Gasteiger partial charge on any atom is 0.240 e. The number of nitrogens with one attached hydrogen (secondary N) is 2. The van der Waals surface area contributed by atoms with Crippen molar-refractivity contribution in [2.45, 2.75) is 30.8 Å². The van der Waals surface area contributed by atoms with Crippen molar-refractivity contribution < 1.29 is 12.6 Å². The van der Waals surface area contributed by atoms with Gasteiger partial charge in [-0.15, -0.1) is 0 Å². The highest BCUT2D eigenvalue weighted by molar-refractivity contribution is 7.89. The SMILES string of the molecule is CNC(C)c1cccc(S(=O)(=O)NC(C)CS(C)=O)c1. The van der Waals surface area contributed by atoms with Gasteiger partial charge in [0.25, 0.3) is 0 Å². The van der Waals surface area contributed by atoms with E-state index in [1.165, 1.54) is 0 Å². The fourth-order valence-corrected chi connectivity index (χ4v) is 4.03. The summed E-state index contributed by atoms with van der Waals surface area (Å²) in [5, 5.41) is 3.07. The zero-order chi connectivity index (χ0) is 15.3. The molecule has 0 bridgehead atoms. The summed E-state index contributed by atoms with van der Waals surface area (Å²) in [4.78, 5) is 0.228. The average molecular weight is 318 g/mol. The molecule has 0 saturated carbocycles. The highest BCUT2D eigenvalue weighted by Gasteiger charge is 2.19. The average Bonchev–Trinajstić information content (AvgIpc) is 2.36. The molecule has 3 unspecified atom stereocenters. The molecule has 0 aromatic heterocycles. The van der Waals surface area contributed by atoms with E-state index in [9.17, 15) is 12.6 Å². The molecule has 1 aromatic rings. The Morgan fingerprint density at radius 2 is 1.95 bits per heavy atom. The van der Waals surface area contributed by atoms with Gasteiger partial charge in [0.05, 0.1) is 4.90 Å². The maximum absolute atomic E-state index is 12.3. The van der Waals surface area contributed by atoms with Crippen LogP contribution >= 0.6 is 0 Å². The largest absolute Gasteiger partial charge is 0.313 e. The van der Waals surface area contributed by atoms with E-state index in [1.54, 1.807) is 31.4 Å². The highest BCUT2D eigenvalue weighted by atomic mass is 32.2. The molecule has 0 amide bonds. The van der Waals surface area contributed by atoms with E-state index in [0.717, 1.165) is 5.56 Å². The molecule has 2 N–H and O–H groups in total. The number of sulfonamides is 1. The van der Waals surface area contributed by atoms with Crippen molar-refractivity contribution in [2.75, 3.05) is 19.1 Å². The summed E-state index contributed by atoms with van der Waals surface area (Å²) in [6, 6.07) is 6.52. The number of hydrogen-bond donors (Lipinski definition) is 2. The Labute approximate surface area is 123 Å².